The summed E-state index contributed by atoms with van der Waals surface area (Å²) in [5.41, 5.74) is 0. The highest BCUT2D eigenvalue weighted by Crippen LogP contribution is 2.45. The van der Waals surface area contributed by atoms with Gasteiger partial charge in [-0.2, -0.15) is 0 Å². The smallest absolute Gasteiger partial charge is 0.462 e. The van der Waals surface area contributed by atoms with Crippen LogP contribution in [0.2, 0.25) is 0 Å². The molecular weight excluding hydrogens is 1320 g/mol. The number of phosphoric ester groups is 2. The van der Waals surface area contributed by atoms with Crippen molar-refractivity contribution in [3.8, 4) is 0 Å². The van der Waals surface area contributed by atoms with Gasteiger partial charge in [0.05, 0.1) is 26.4 Å². The number of rotatable bonds is 79. The summed E-state index contributed by atoms with van der Waals surface area (Å²) in [6.07, 6.45) is 66.2. The van der Waals surface area contributed by atoms with E-state index in [0.717, 1.165) is 121 Å². The van der Waals surface area contributed by atoms with Crippen molar-refractivity contribution in [2.24, 2.45) is 11.8 Å². The molecule has 17 nitrogen and oxygen atoms in total. The van der Waals surface area contributed by atoms with E-state index in [2.05, 4.69) is 65.8 Å². The van der Waals surface area contributed by atoms with Gasteiger partial charge in [0.25, 0.3) is 0 Å². The van der Waals surface area contributed by atoms with Crippen LogP contribution in [-0.2, 0) is 65.4 Å². The van der Waals surface area contributed by atoms with Crippen molar-refractivity contribution in [2.75, 3.05) is 39.6 Å². The van der Waals surface area contributed by atoms with E-state index in [9.17, 15) is 43.2 Å². The second-order valence-corrected chi connectivity index (χ2v) is 32.5. The number of aliphatic hydroxyl groups is 1. The monoisotopic (exact) mass is 1480 g/mol. The summed E-state index contributed by atoms with van der Waals surface area (Å²) in [7, 11) is -9.93. The molecule has 0 fully saturated rings. The maximum atomic E-state index is 13.1. The average Bonchev–Trinajstić information content (AvgIpc) is 0.941. The van der Waals surface area contributed by atoms with Crippen LogP contribution in [0.5, 0.6) is 0 Å². The molecule has 0 aliphatic heterocycles. The summed E-state index contributed by atoms with van der Waals surface area (Å²) in [6.45, 7) is 9.56. The summed E-state index contributed by atoms with van der Waals surface area (Å²) in [4.78, 5) is 73.0. The number of hydrogen-bond donors (Lipinski definition) is 3. The molecule has 0 saturated carbocycles. The van der Waals surface area contributed by atoms with E-state index in [-0.39, 0.29) is 25.7 Å². The zero-order valence-corrected chi connectivity index (χ0v) is 67.5. The maximum absolute atomic E-state index is 13.1. The summed E-state index contributed by atoms with van der Waals surface area (Å²) in [5.74, 6) is -0.593. The highest BCUT2D eigenvalue weighted by atomic mass is 31.2. The lowest BCUT2D eigenvalue weighted by atomic mass is 9.99. The van der Waals surface area contributed by atoms with Crippen LogP contribution in [0.25, 0.3) is 0 Å². The summed E-state index contributed by atoms with van der Waals surface area (Å²) in [5, 5.41) is 10.6. The van der Waals surface area contributed by atoms with E-state index in [4.69, 9.17) is 37.0 Å². The van der Waals surface area contributed by atoms with Gasteiger partial charge in [-0.3, -0.25) is 37.3 Å². The summed E-state index contributed by atoms with van der Waals surface area (Å²) >= 11 is 0. The first-order valence-corrected chi connectivity index (χ1v) is 44.8. The zero-order valence-electron chi connectivity index (χ0n) is 65.7. The van der Waals surface area contributed by atoms with Crippen LogP contribution in [0, 0.1) is 11.8 Å². The van der Waals surface area contributed by atoms with Gasteiger partial charge in [0.1, 0.15) is 19.3 Å². The normalized spacial score (nSPS) is 14.3. The molecule has 0 rings (SSSR count). The molecule has 0 spiro atoms. The van der Waals surface area contributed by atoms with Crippen molar-refractivity contribution < 1.29 is 80.2 Å². The zero-order chi connectivity index (χ0) is 74.2. The number of phosphoric acid groups is 2. The lowest BCUT2D eigenvalue weighted by Crippen LogP contribution is -2.30. The predicted molar refractivity (Wildman–Crippen MR) is 414 cm³/mol. The van der Waals surface area contributed by atoms with Crippen molar-refractivity contribution in [1.82, 2.24) is 0 Å². The van der Waals surface area contributed by atoms with E-state index in [1.807, 2.05) is 0 Å². The molecular formula is C82H156O17P2. The quantitative estimate of drug-likeness (QED) is 0.0169. The Labute approximate surface area is 618 Å². The van der Waals surface area contributed by atoms with Crippen molar-refractivity contribution in [2.45, 2.75) is 426 Å². The number of hydrogen-bond acceptors (Lipinski definition) is 15. The molecule has 596 valence electrons. The Morgan fingerprint density at radius 3 is 0.891 bits per heavy atom. The molecule has 6 atom stereocenters. The minimum Gasteiger partial charge on any atom is -0.462 e. The highest BCUT2D eigenvalue weighted by molar-refractivity contribution is 7.47. The van der Waals surface area contributed by atoms with Crippen molar-refractivity contribution in [1.29, 1.82) is 0 Å². The fourth-order valence-electron chi connectivity index (χ4n) is 12.1. The van der Waals surface area contributed by atoms with Crippen molar-refractivity contribution >= 4 is 39.5 Å². The number of esters is 4. The minimum atomic E-state index is -4.97. The predicted octanol–water partition coefficient (Wildman–Crippen LogP) is 24.2. The Balaban J connectivity index is 5.23. The molecule has 0 radical (unpaired) electrons. The van der Waals surface area contributed by atoms with Gasteiger partial charge < -0.3 is 33.8 Å². The van der Waals surface area contributed by atoms with Crippen molar-refractivity contribution in [3.63, 3.8) is 0 Å². The fourth-order valence-corrected chi connectivity index (χ4v) is 13.7. The van der Waals surface area contributed by atoms with Gasteiger partial charge in [0.15, 0.2) is 12.2 Å². The lowest BCUT2D eigenvalue weighted by Gasteiger charge is -2.21. The van der Waals surface area contributed by atoms with Gasteiger partial charge in [-0.15, -0.1) is 0 Å². The van der Waals surface area contributed by atoms with Crippen LogP contribution < -0.4 is 0 Å². The molecule has 0 aliphatic rings. The van der Waals surface area contributed by atoms with E-state index in [1.54, 1.807) is 0 Å². The topological polar surface area (TPSA) is 237 Å². The summed E-state index contributed by atoms with van der Waals surface area (Å²) in [6, 6.07) is 0. The van der Waals surface area contributed by atoms with Crippen LogP contribution in [0.3, 0.4) is 0 Å². The Kier molecular flexibility index (Phi) is 71.3. The number of carbonyl (C=O) groups is 4. The maximum Gasteiger partial charge on any atom is 0.472 e. The van der Waals surface area contributed by atoms with Crippen LogP contribution >= 0.6 is 15.6 Å². The number of carbonyl (C=O) groups excluding carboxylic acids is 4. The lowest BCUT2D eigenvalue weighted by molar-refractivity contribution is -0.161. The first kappa shape index (κ1) is 98.5. The van der Waals surface area contributed by atoms with Crippen LogP contribution in [0.15, 0.2) is 24.3 Å². The molecule has 0 bridgehead atoms. The van der Waals surface area contributed by atoms with Gasteiger partial charge >= 0.3 is 39.5 Å². The first-order valence-electron chi connectivity index (χ1n) is 41.8. The van der Waals surface area contributed by atoms with E-state index >= 15 is 0 Å². The standard InChI is InChI=1S/C82H156O17P2/c1-7-10-12-14-16-18-20-22-28-33-37-41-45-52-58-64-79(84)92-70-77(98-81(86)66-61-55-47-43-39-35-31-27-25-24-26-30-32-36-40-44-51-57-63-75(6)9-3)72-96-100(88,89)94-68-76(83)69-95-101(90,91)97-73-78(71-93-80(85)65-59-53-49-48-50-56-62-74(4)5)99-82(87)67-60-54-46-42-38-34-29-23-21-19-17-15-13-11-8-2/h18,20,22,28,74-78,83H,7-17,19,21,23-27,29-73H2,1-6H3,(H,88,89)(H,90,91)/b20-18-,28-22-/t75?,76-,77-,78-/m1/s1. The Hall–Kier alpha value is -2.46. The van der Waals surface area contributed by atoms with Crippen LogP contribution in [0.1, 0.15) is 408 Å². The molecule has 0 aromatic carbocycles. The first-order chi connectivity index (χ1) is 48.9. The van der Waals surface area contributed by atoms with E-state index in [1.165, 1.54) is 199 Å². The minimum absolute atomic E-state index is 0.101. The van der Waals surface area contributed by atoms with Gasteiger partial charge in [-0.25, -0.2) is 9.13 Å². The number of allylic oxidation sites excluding steroid dienone is 4. The van der Waals surface area contributed by atoms with Gasteiger partial charge in [-0.1, -0.05) is 355 Å². The van der Waals surface area contributed by atoms with Crippen molar-refractivity contribution in [3.05, 3.63) is 24.3 Å². The molecule has 0 heterocycles. The third kappa shape index (κ3) is 74.2. The van der Waals surface area contributed by atoms with Gasteiger partial charge in [-0.05, 0) is 63.2 Å². The van der Waals surface area contributed by atoms with E-state index < -0.39 is 97.5 Å². The van der Waals surface area contributed by atoms with Crippen LogP contribution in [0.4, 0.5) is 0 Å². The van der Waals surface area contributed by atoms with Gasteiger partial charge in [0.2, 0.25) is 0 Å². The van der Waals surface area contributed by atoms with E-state index in [0.29, 0.717) is 31.6 Å². The Bertz CT molecular complexity index is 2040. The van der Waals surface area contributed by atoms with Gasteiger partial charge in [0, 0.05) is 25.7 Å². The second kappa shape index (κ2) is 73.1. The molecule has 0 aromatic rings. The molecule has 0 aliphatic carbocycles. The molecule has 3 N–H and O–H groups in total. The second-order valence-electron chi connectivity index (χ2n) is 29.5. The largest absolute Gasteiger partial charge is 0.472 e. The Morgan fingerprint density at radius 2 is 0.584 bits per heavy atom. The fraction of sp³-hybridized carbons (Fsp3) is 0.902. The molecule has 3 unspecified atom stereocenters. The molecule has 19 heteroatoms. The average molecular weight is 1480 g/mol. The Morgan fingerprint density at radius 1 is 0.327 bits per heavy atom. The highest BCUT2D eigenvalue weighted by Gasteiger charge is 2.30. The van der Waals surface area contributed by atoms with Crippen LogP contribution in [-0.4, -0.2) is 96.7 Å². The SMILES string of the molecule is CCCCCC/C=C\C=C/CCCCCCCC(=O)OC[C@H](COP(=O)(O)OC[C@@H](O)COP(=O)(O)OC[C@@H](COC(=O)CCCCCCCCC(C)C)OC(=O)CCCCCCCCCCCCCCCCC)OC(=O)CCCCCCCCCCCCCCCCCCCCC(C)CC. The number of unbranched alkanes of at least 4 members (excludes halogenated alkanes) is 45. The third-order valence-electron chi connectivity index (χ3n) is 18.9. The number of aliphatic hydroxyl groups excluding tert-OH is 1. The molecule has 0 saturated heterocycles. The number of ether oxygens (including phenoxy) is 4. The molecule has 101 heavy (non-hydrogen) atoms. The molecule has 0 aromatic heterocycles. The summed E-state index contributed by atoms with van der Waals surface area (Å²) < 4.78 is 68.6. The molecule has 0 amide bonds. The third-order valence-corrected chi connectivity index (χ3v) is 20.8.